The highest BCUT2D eigenvalue weighted by Gasteiger charge is 2.23. The number of nitrogens with zero attached hydrogens (tertiary/aromatic N) is 2. The number of anilines is 1. The van der Waals surface area contributed by atoms with Gasteiger partial charge in [0.1, 0.15) is 0 Å². The van der Waals surface area contributed by atoms with Crippen LogP contribution in [-0.4, -0.2) is 36.3 Å². The fourth-order valence-electron chi connectivity index (χ4n) is 3.03. The van der Waals surface area contributed by atoms with Gasteiger partial charge in [0.15, 0.2) is 0 Å². The molecule has 2 amide bonds. The molecule has 0 N–H and O–H groups in total. The fourth-order valence-corrected chi connectivity index (χ4v) is 3.03. The molecule has 23 heavy (non-hydrogen) atoms. The summed E-state index contributed by atoms with van der Waals surface area (Å²) in [6.07, 6.45) is 1.49. The average molecular weight is 316 g/mol. The first-order chi connectivity index (χ1) is 10.9. The first kappa shape index (κ1) is 17.5. The summed E-state index contributed by atoms with van der Waals surface area (Å²) in [6.45, 7) is 10.8. The summed E-state index contributed by atoms with van der Waals surface area (Å²) in [5, 5.41) is 0. The fraction of sp³-hybridized carbons (Fsp3) is 0.579. The molecule has 1 aliphatic rings. The zero-order valence-electron chi connectivity index (χ0n) is 14.7. The lowest BCUT2D eigenvalue weighted by molar-refractivity contribution is -0.117. The van der Waals surface area contributed by atoms with Crippen LogP contribution >= 0.6 is 0 Å². The van der Waals surface area contributed by atoms with Crippen LogP contribution in [0.1, 0.15) is 50.9 Å². The van der Waals surface area contributed by atoms with Gasteiger partial charge >= 0.3 is 0 Å². The Bertz CT molecular complexity index is 556. The normalized spacial score (nSPS) is 14.9. The van der Waals surface area contributed by atoms with Crippen LogP contribution in [0.15, 0.2) is 24.3 Å². The first-order valence-corrected chi connectivity index (χ1v) is 8.58. The predicted molar refractivity (Wildman–Crippen MR) is 93.6 cm³/mol. The van der Waals surface area contributed by atoms with E-state index in [4.69, 9.17) is 0 Å². The third kappa shape index (κ3) is 4.57. The van der Waals surface area contributed by atoms with Crippen molar-refractivity contribution >= 4 is 17.5 Å². The van der Waals surface area contributed by atoms with Gasteiger partial charge in [-0.3, -0.25) is 9.59 Å². The van der Waals surface area contributed by atoms with Crippen molar-refractivity contribution in [2.24, 2.45) is 11.8 Å². The topological polar surface area (TPSA) is 40.6 Å². The summed E-state index contributed by atoms with van der Waals surface area (Å²) in [6, 6.07) is 7.49. The summed E-state index contributed by atoms with van der Waals surface area (Å²) >= 11 is 0. The number of benzene rings is 1. The number of rotatable bonds is 6. The lowest BCUT2D eigenvalue weighted by Gasteiger charge is -2.27. The summed E-state index contributed by atoms with van der Waals surface area (Å²) < 4.78 is 0. The highest BCUT2D eigenvalue weighted by molar-refractivity contribution is 5.99. The molecule has 0 bridgehead atoms. The zero-order valence-corrected chi connectivity index (χ0v) is 14.7. The first-order valence-electron chi connectivity index (χ1n) is 8.58. The monoisotopic (exact) mass is 316 g/mol. The van der Waals surface area contributed by atoms with Gasteiger partial charge in [-0.1, -0.05) is 33.8 Å². The van der Waals surface area contributed by atoms with E-state index in [1.54, 1.807) is 4.90 Å². The molecule has 0 aliphatic carbocycles. The molecular formula is C19H28N2O2. The molecule has 126 valence electrons. The molecule has 0 unspecified atom stereocenters. The highest BCUT2D eigenvalue weighted by Crippen LogP contribution is 2.23. The molecule has 1 aromatic carbocycles. The van der Waals surface area contributed by atoms with Crippen molar-refractivity contribution in [1.29, 1.82) is 0 Å². The molecule has 0 radical (unpaired) electrons. The quantitative estimate of drug-likeness (QED) is 0.805. The lowest BCUT2D eigenvalue weighted by Crippen LogP contribution is -2.37. The lowest BCUT2D eigenvalue weighted by atomic mass is 10.1. The maximum atomic E-state index is 12.9. The molecule has 0 spiro atoms. The predicted octanol–water partition coefficient (Wildman–Crippen LogP) is 3.57. The third-order valence-corrected chi connectivity index (χ3v) is 3.94. The molecular weight excluding hydrogens is 288 g/mol. The molecule has 1 aliphatic heterocycles. The average Bonchev–Trinajstić information content (AvgIpc) is 2.91. The molecule has 1 saturated heterocycles. The second-order valence-corrected chi connectivity index (χ2v) is 7.20. The van der Waals surface area contributed by atoms with Crippen LogP contribution in [0.5, 0.6) is 0 Å². The molecule has 1 heterocycles. The third-order valence-electron chi connectivity index (χ3n) is 3.94. The van der Waals surface area contributed by atoms with Crippen molar-refractivity contribution in [3.05, 3.63) is 29.8 Å². The molecule has 1 fully saturated rings. The Hall–Kier alpha value is -1.84. The summed E-state index contributed by atoms with van der Waals surface area (Å²) in [7, 11) is 0. The van der Waals surface area contributed by atoms with Crippen molar-refractivity contribution in [2.75, 3.05) is 24.5 Å². The van der Waals surface area contributed by atoms with Crippen LogP contribution in [0.3, 0.4) is 0 Å². The minimum absolute atomic E-state index is 0.0564. The maximum absolute atomic E-state index is 12.9. The molecule has 0 atom stereocenters. The van der Waals surface area contributed by atoms with Crippen LogP contribution in [0.4, 0.5) is 5.69 Å². The Kier molecular flexibility index (Phi) is 5.80. The standard InChI is InChI=1S/C19H28N2O2/c1-14(2)12-20(13-15(3)4)19(23)16-7-5-8-17(11-16)21-10-6-9-18(21)22/h5,7-8,11,14-15H,6,9-10,12-13H2,1-4H3. The summed E-state index contributed by atoms with van der Waals surface area (Å²) in [5.41, 5.74) is 1.51. The van der Waals surface area contributed by atoms with E-state index in [1.807, 2.05) is 29.2 Å². The van der Waals surface area contributed by atoms with E-state index in [2.05, 4.69) is 27.7 Å². The van der Waals surface area contributed by atoms with Crippen LogP contribution in [0, 0.1) is 11.8 Å². The highest BCUT2D eigenvalue weighted by atomic mass is 16.2. The van der Waals surface area contributed by atoms with Gasteiger partial charge < -0.3 is 9.80 Å². The smallest absolute Gasteiger partial charge is 0.253 e. The van der Waals surface area contributed by atoms with Gasteiger partial charge in [-0.2, -0.15) is 0 Å². The molecule has 4 nitrogen and oxygen atoms in total. The second kappa shape index (κ2) is 7.62. The van der Waals surface area contributed by atoms with Gasteiger partial charge in [0.2, 0.25) is 5.91 Å². The van der Waals surface area contributed by atoms with Gasteiger partial charge in [-0.15, -0.1) is 0 Å². The van der Waals surface area contributed by atoms with E-state index in [9.17, 15) is 9.59 Å². The van der Waals surface area contributed by atoms with Gasteiger partial charge in [-0.05, 0) is 36.5 Å². The Morgan fingerprint density at radius 2 is 1.83 bits per heavy atom. The Morgan fingerprint density at radius 1 is 1.17 bits per heavy atom. The second-order valence-electron chi connectivity index (χ2n) is 7.20. The molecule has 1 aromatic rings. The number of hydrogen-bond donors (Lipinski definition) is 0. The van der Waals surface area contributed by atoms with E-state index < -0.39 is 0 Å². The SMILES string of the molecule is CC(C)CN(CC(C)C)C(=O)c1cccc(N2CCCC2=O)c1. The van der Waals surface area contributed by atoms with Crippen molar-refractivity contribution in [1.82, 2.24) is 4.90 Å². The van der Waals surface area contributed by atoms with E-state index in [0.29, 0.717) is 23.8 Å². The number of hydrogen-bond acceptors (Lipinski definition) is 2. The van der Waals surface area contributed by atoms with Gasteiger partial charge in [0.05, 0.1) is 0 Å². The Labute approximate surface area is 139 Å². The van der Waals surface area contributed by atoms with Gasteiger partial charge in [-0.25, -0.2) is 0 Å². The van der Waals surface area contributed by atoms with Crippen molar-refractivity contribution in [3.8, 4) is 0 Å². The Morgan fingerprint density at radius 3 is 2.35 bits per heavy atom. The van der Waals surface area contributed by atoms with Gasteiger partial charge in [0.25, 0.3) is 5.91 Å². The summed E-state index contributed by atoms with van der Waals surface area (Å²) in [5.74, 6) is 1.07. The van der Waals surface area contributed by atoms with Crippen molar-refractivity contribution in [2.45, 2.75) is 40.5 Å². The number of carbonyl (C=O) groups excluding carboxylic acids is 2. The summed E-state index contributed by atoms with van der Waals surface area (Å²) in [4.78, 5) is 28.5. The van der Waals surface area contributed by atoms with E-state index in [0.717, 1.165) is 31.7 Å². The minimum Gasteiger partial charge on any atom is -0.338 e. The van der Waals surface area contributed by atoms with Crippen molar-refractivity contribution < 1.29 is 9.59 Å². The zero-order chi connectivity index (χ0) is 17.0. The number of carbonyl (C=O) groups is 2. The van der Waals surface area contributed by atoms with Crippen LogP contribution in [0.2, 0.25) is 0 Å². The van der Waals surface area contributed by atoms with Gasteiger partial charge in [0, 0.05) is 37.3 Å². The van der Waals surface area contributed by atoms with Crippen LogP contribution < -0.4 is 4.90 Å². The van der Waals surface area contributed by atoms with E-state index in [-0.39, 0.29) is 11.8 Å². The van der Waals surface area contributed by atoms with Crippen LogP contribution in [-0.2, 0) is 4.79 Å². The minimum atomic E-state index is 0.0564. The molecule has 2 rings (SSSR count). The number of amides is 2. The Balaban J connectivity index is 2.21. The van der Waals surface area contributed by atoms with E-state index >= 15 is 0 Å². The largest absolute Gasteiger partial charge is 0.338 e. The maximum Gasteiger partial charge on any atom is 0.253 e. The van der Waals surface area contributed by atoms with Crippen molar-refractivity contribution in [3.63, 3.8) is 0 Å². The van der Waals surface area contributed by atoms with E-state index in [1.165, 1.54) is 0 Å². The molecule has 4 heteroatoms. The van der Waals surface area contributed by atoms with Crippen LogP contribution in [0.25, 0.3) is 0 Å². The molecule has 0 aromatic heterocycles. The molecule has 0 saturated carbocycles.